The van der Waals surface area contributed by atoms with Gasteiger partial charge in [0.15, 0.2) is 0 Å². The molecule has 0 aliphatic carbocycles. The lowest BCUT2D eigenvalue weighted by Crippen LogP contribution is -2.35. The molecule has 1 N–H and O–H groups in total. The monoisotopic (exact) mass is 537 g/mol. The fraction of sp³-hybridized carbons (Fsp3) is 0.296. The van der Waals surface area contributed by atoms with E-state index in [0.717, 1.165) is 47.5 Å². The van der Waals surface area contributed by atoms with Gasteiger partial charge in [-0.2, -0.15) is 0 Å². The number of carbonyl (C=O) groups is 2. The molecule has 0 radical (unpaired) electrons. The number of hydrogen-bond acceptors (Lipinski definition) is 7. The minimum absolute atomic E-state index is 0.0610. The highest BCUT2D eigenvalue weighted by Crippen LogP contribution is 2.45. The smallest absolute Gasteiger partial charge is 0.410 e. The van der Waals surface area contributed by atoms with Crippen molar-refractivity contribution in [2.45, 2.75) is 38.1 Å². The maximum Gasteiger partial charge on any atom is 0.410 e. The number of aromatic nitrogens is 1. The standard InChI is InChI=1S/C27H27N3O3S3/c1-3-33-27(32)30-14-13-19-22(16-30)36-26(24(19)25-28-20-7-5-6-8-21(20)35-25)29-23(31)15-17-9-11-18(12-10-17)34-4-2/h5-12H,3-4,13-16H2,1-2H3,(H,29,31). The molecule has 1 aliphatic rings. The van der Waals surface area contributed by atoms with Gasteiger partial charge in [0.2, 0.25) is 5.91 Å². The minimum Gasteiger partial charge on any atom is -0.450 e. The van der Waals surface area contributed by atoms with Gasteiger partial charge in [0.25, 0.3) is 0 Å². The van der Waals surface area contributed by atoms with Crippen LogP contribution in [0.15, 0.2) is 53.4 Å². The van der Waals surface area contributed by atoms with Crippen LogP contribution in [0.25, 0.3) is 20.8 Å². The molecule has 0 unspecified atom stereocenters. The zero-order chi connectivity index (χ0) is 25.1. The van der Waals surface area contributed by atoms with Crippen LogP contribution in [0.2, 0.25) is 0 Å². The topological polar surface area (TPSA) is 71.5 Å². The molecule has 0 bridgehead atoms. The highest BCUT2D eigenvalue weighted by atomic mass is 32.2. The van der Waals surface area contributed by atoms with Crippen molar-refractivity contribution in [3.8, 4) is 10.6 Å². The maximum atomic E-state index is 13.1. The quantitative estimate of drug-likeness (QED) is 0.262. The summed E-state index contributed by atoms with van der Waals surface area (Å²) in [4.78, 5) is 34.4. The van der Waals surface area contributed by atoms with Crippen molar-refractivity contribution in [3.63, 3.8) is 0 Å². The molecule has 2 aromatic heterocycles. The molecule has 6 nitrogen and oxygen atoms in total. The van der Waals surface area contributed by atoms with Crippen molar-refractivity contribution in [2.75, 3.05) is 24.2 Å². The van der Waals surface area contributed by atoms with E-state index in [4.69, 9.17) is 9.72 Å². The van der Waals surface area contributed by atoms with E-state index in [0.29, 0.717) is 32.5 Å². The van der Waals surface area contributed by atoms with E-state index in [2.05, 4.69) is 30.4 Å². The van der Waals surface area contributed by atoms with E-state index in [-0.39, 0.29) is 12.0 Å². The summed E-state index contributed by atoms with van der Waals surface area (Å²) in [5.74, 6) is 0.958. The number of benzene rings is 2. The molecule has 0 atom stereocenters. The Morgan fingerprint density at radius 1 is 1.11 bits per heavy atom. The number of thiophene rings is 1. The van der Waals surface area contributed by atoms with Crippen LogP contribution >= 0.6 is 34.4 Å². The third-order valence-electron chi connectivity index (χ3n) is 5.94. The van der Waals surface area contributed by atoms with Crippen LogP contribution in [0, 0.1) is 0 Å². The third-order valence-corrected chi connectivity index (χ3v) is 9.02. The number of para-hydroxylation sites is 1. The van der Waals surface area contributed by atoms with Gasteiger partial charge in [0, 0.05) is 21.9 Å². The third kappa shape index (κ3) is 5.28. The Kier molecular flexibility index (Phi) is 7.59. The molecule has 36 heavy (non-hydrogen) atoms. The van der Waals surface area contributed by atoms with Gasteiger partial charge in [-0.25, -0.2) is 9.78 Å². The van der Waals surface area contributed by atoms with Gasteiger partial charge < -0.3 is 15.0 Å². The lowest BCUT2D eigenvalue weighted by atomic mass is 10.0. The second-order valence-corrected chi connectivity index (χ2v) is 11.8. The number of hydrogen-bond donors (Lipinski definition) is 1. The van der Waals surface area contributed by atoms with Crippen molar-refractivity contribution in [1.82, 2.24) is 9.88 Å². The number of ether oxygens (including phenoxy) is 1. The van der Waals surface area contributed by atoms with Crippen LogP contribution in [0.3, 0.4) is 0 Å². The van der Waals surface area contributed by atoms with Gasteiger partial charge >= 0.3 is 6.09 Å². The summed E-state index contributed by atoms with van der Waals surface area (Å²) in [6.45, 7) is 5.34. The molecule has 5 rings (SSSR count). The summed E-state index contributed by atoms with van der Waals surface area (Å²) < 4.78 is 6.33. The fourth-order valence-electron chi connectivity index (χ4n) is 4.29. The van der Waals surface area contributed by atoms with Gasteiger partial charge in [-0.1, -0.05) is 31.2 Å². The molecule has 9 heteroatoms. The summed E-state index contributed by atoms with van der Waals surface area (Å²) in [6, 6.07) is 16.2. The largest absolute Gasteiger partial charge is 0.450 e. The van der Waals surface area contributed by atoms with E-state index in [1.165, 1.54) is 16.2 Å². The molecule has 0 fully saturated rings. The lowest BCUT2D eigenvalue weighted by molar-refractivity contribution is -0.115. The molecule has 3 heterocycles. The van der Waals surface area contributed by atoms with Crippen molar-refractivity contribution < 1.29 is 14.3 Å². The highest BCUT2D eigenvalue weighted by molar-refractivity contribution is 7.99. The Morgan fingerprint density at radius 3 is 2.67 bits per heavy atom. The van der Waals surface area contributed by atoms with Crippen molar-refractivity contribution >= 4 is 61.7 Å². The molecule has 2 aromatic carbocycles. The Labute approximate surface area is 222 Å². The minimum atomic E-state index is -0.298. The van der Waals surface area contributed by atoms with E-state index in [1.807, 2.05) is 37.3 Å². The molecule has 1 aliphatic heterocycles. The van der Waals surface area contributed by atoms with E-state index >= 15 is 0 Å². The summed E-state index contributed by atoms with van der Waals surface area (Å²) in [5, 5.41) is 4.87. The molecule has 0 spiro atoms. The van der Waals surface area contributed by atoms with Gasteiger partial charge in [0.05, 0.1) is 29.8 Å². The first-order valence-corrected chi connectivity index (χ1v) is 14.6. The number of fused-ring (bicyclic) bond motifs is 2. The Bertz CT molecular complexity index is 1360. The second-order valence-electron chi connectivity index (χ2n) is 8.37. The predicted octanol–water partition coefficient (Wildman–Crippen LogP) is 6.83. The number of nitrogens with one attached hydrogen (secondary N) is 1. The molecule has 0 saturated carbocycles. The van der Waals surface area contributed by atoms with Crippen LogP contribution in [0.5, 0.6) is 0 Å². The lowest BCUT2D eigenvalue weighted by Gasteiger charge is -2.26. The van der Waals surface area contributed by atoms with E-state index < -0.39 is 0 Å². The summed E-state index contributed by atoms with van der Waals surface area (Å²) in [7, 11) is 0. The molecular formula is C27H27N3O3S3. The van der Waals surface area contributed by atoms with Crippen LogP contribution in [0.1, 0.15) is 29.9 Å². The predicted molar refractivity (Wildman–Crippen MR) is 149 cm³/mol. The SMILES string of the molecule is CCOC(=O)N1CCc2c(sc(NC(=O)Cc3ccc(SCC)cc3)c2-c2nc3ccccc3s2)C1. The van der Waals surface area contributed by atoms with Crippen LogP contribution in [-0.2, 0) is 28.9 Å². The van der Waals surface area contributed by atoms with E-state index in [9.17, 15) is 9.59 Å². The Balaban J connectivity index is 1.44. The second kappa shape index (κ2) is 11.0. The average molecular weight is 538 g/mol. The Morgan fingerprint density at radius 2 is 1.92 bits per heavy atom. The molecular weight excluding hydrogens is 511 g/mol. The average Bonchev–Trinajstić information content (AvgIpc) is 3.45. The number of rotatable bonds is 7. The summed E-state index contributed by atoms with van der Waals surface area (Å²) in [6.07, 6.45) is 0.698. The van der Waals surface area contributed by atoms with Crippen LogP contribution < -0.4 is 5.32 Å². The number of carbonyl (C=O) groups excluding carboxylic acids is 2. The molecule has 186 valence electrons. The summed E-state index contributed by atoms with van der Waals surface area (Å²) in [5.41, 5.74) is 4.08. The van der Waals surface area contributed by atoms with Crippen LogP contribution in [-0.4, -0.2) is 40.8 Å². The number of anilines is 1. The first-order valence-electron chi connectivity index (χ1n) is 12.0. The van der Waals surface area contributed by atoms with Gasteiger partial charge in [-0.3, -0.25) is 4.79 Å². The van der Waals surface area contributed by atoms with Crippen molar-refractivity contribution in [3.05, 3.63) is 64.5 Å². The van der Waals surface area contributed by atoms with Crippen molar-refractivity contribution in [1.29, 1.82) is 0 Å². The van der Waals surface area contributed by atoms with Gasteiger partial charge in [-0.05, 0) is 54.5 Å². The number of amides is 2. The van der Waals surface area contributed by atoms with Crippen molar-refractivity contribution in [2.24, 2.45) is 0 Å². The summed E-state index contributed by atoms with van der Waals surface area (Å²) >= 11 is 4.95. The normalized spacial score (nSPS) is 13.0. The fourth-order valence-corrected chi connectivity index (χ4v) is 7.35. The molecule has 2 amide bonds. The molecule has 0 saturated heterocycles. The number of thioether (sulfide) groups is 1. The number of nitrogens with zero attached hydrogens (tertiary/aromatic N) is 2. The highest BCUT2D eigenvalue weighted by Gasteiger charge is 2.30. The Hall–Kier alpha value is -2.88. The number of thiazole rings is 1. The zero-order valence-corrected chi connectivity index (χ0v) is 22.7. The van der Waals surface area contributed by atoms with Gasteiger partial charge in [0.1, 0.15) is 10.0 Å². The first-order chi connectivity index (χ1) is 17.6. The van der Waals surface area contributed by atoms with Gasteiger partial charge in [-0.15, -0.1) is 34.4 Å². The van der Waals surface area contributed by atoms with E-state index in [1.54, 1.807) is 28.0 Å². The molecule has 4 aromatic rings. The zero-order valence-electron chi connectivity index (χ0n) is 20.2. The van der Waals surface area contributed by atoms with Crippen LogP contribution in [0.4, 0.5) is 9.80 Å². The first kappa shape index (κ1) is 24.8. The maximum absolute atomic E-state index is 13.1.